The first kappa shape index (κ1) is 30.3. The number of nitrogens with zero attached hydrogens (tertiary/aromatic N) is 2. The molecular weight excluding hydrogens is 563 g/mol. The van der Waals surface area contributed by atoms with Crippen molar-refractivity contribution in [2.24, 2.45) is 0 Å². The van der Waals surface area contributed by atoms with Crippen molar-refractivity contribution < 1.29 is 76.1 Å². The number of aliphatic hydroxyl groups is 2. The van der Waals surface area contributed by atoms with Crippen molar-refractivity contribution in [3.8, 4) is 0 Å². The first-order chi connectivity index (χ1) is 16.4. The van der Waals surface area contributed by atoms with Crippen molar-refractivity contribution in [2.75, 3.05) is 11.9 Å². The molecule has 2 unspecified atom stereocenters. The number of hydrogen-bond acceptors (Lipinski definition) is 13. The molecular formula is C13H20N3O17P3. The lowest BCUT2D eigenvalue weighted by Gasteiger charge is -2.19. The Morgan fingerprint density at radius 3 is 2.25 bits per heavy atom. The smallest absolute Gasteiger partial charge is 0.481 e. The number of hydrogen-bond donors (Lipinski definition) is 8. The van der Waals surface area contributed by atoms with Crippen LogP contribution in [0, 0.1) is 0 Å². The summed E-state index contributed by atoms with van der Waals surface area (Å²) in [5.74, 6) is -2.23. The van der Waals surface area contributed by atoms with Gasteiger partial charge in [0, 0.05) is 12.6 Å². The van der Waals surface area contributed by atoms with Gasteiger partial charge in [0.25, 0.3) is 0 Å². The average molecular weight is 583 g/mol. The molecule has 1 aliphatic heterocycles. The lowest BCUT2D eigenvalue weighted by Crippen LogP contribution is -2.36. The molecule has 2 rings (SSSR count). The third kappa shape index (κ3) is 9.20. The summed E-state index contributed by atoms with van der Waals surface area (Å²) in [4.78, 5) is 73.5. The van der Waals surface area contributed by atoms with Gasteiger partial charge < -0.3 is 44.9 Å². The zero-order valence-corrected chi connectivity index (χ0v) is 20.2. The Bertz CT molecular complexity index is 1180. The predicted molar refractivity (Wildman–Crippen MR) is 110 cm³/mol. The van der Waals surface area contributed by atoms with E-state index in [0.717, 1.165) is 12.3 Å². The predicted octanol–water partition coefficient (Wildman–Crippen LogP) is -1.99. The van der Waals surface area contributed by atoms with Gasteiger partial charge in [0.05, 0.1) is 13.0 Å². The maximum atomic E-state index is 12.3. The number of ether oxygens (including phenoxy) is 1. The summed E-state index contributed by atoms with van der Waals surface area (Å²) < 4.78 is 51.0. The highest BCUT2D eigenvalue weighted by molar-refractivity contribution is 7.66. The molecule has 0 aromatic carbocycles. The lowest BCUT2D eigenvalue weighted by atomic mass is 10.1. The molecule has 36 heavy (non-hydrogen) atoms. The molecule has 2 heterocycles. The summed E-state index contributed by atoms with van der Waals surface area (Å²) in [5, 5.41) is 31.0. The van der Waals surface area contributed by atoms with Crippen molar-refractivity contribution in [1.82, 2.24) is 9.55 Å². The third-order valence-electron chi connectivity index (χ3n) is 4.09. The van der Waals surface area contributed by atoms with Gasteiger partial charge in [-0.2, -0.15) is 13.6 Å². The van der Waals surface area contributed by atoms with Gasteiger partial charge in [-0.3, -0.25) is 18.7 Å². The van der Waals surface area contributed by atoms with Crippen LogP contribution in [0.4, 0.5) is 5.82 Å². The number of carbonyl (C=O) groups is 2. The van der Waals surface area contributed by atoms with Crippen LogP contribution in [0.5, 0.6) is 0 Å². The van der Waals surface area contributed by atoms with Gasteiger partial charge >= 0.3 is 35.1 Å². The molecule has 1 saturated heterocycles. The summed E-state index contributed by atoms with van der Waals surface area (Å²) in [6, 6.07) is 1.09. The molecule has 1 aromatic rings. The van der Waals surface area contributed by atoms with Crippen LogP contribution in [0.2, 0.25) is 0 Å². The topological polar surface area (TPSA) is 311 Å². The van der Waals surface area contributed by atoms with Crippen molar-refractivity contribution in [3.63, 3.8) is 0 Å². The molecule has 1 aliphatic rings. The Morgan fingerprint density at radius 2 is 1.69 bits per heavy atom. The van der Waals surface area contributed by atoms with Crippen LogP contribution in [0.25, 0.3) is 0 Å². The first-order valence-corrected chi connectivity index (χ1v) is 13.8. The monoisotopic (exact) mass is 583 g/mol. The number of carbonyl (C=O) groups excluding carboxylic acids is 1. The van der Waals surface area contributed by atoms with E-state index in [1.807, 2.05) is 0 Å². The summed E-state index contributed by atoms with van der Waals surface area (Å²) in [6.45, 7) is -1.10. The minimum absolute atomic E-state index is 0.260. The summed E-state index contributed by atoms with van der Waals surface area (Å²) in [5.41, 5.74) is -1.10. The summed E-state index contributed by atoms with van der Waals surface area (Å²) in [6.07, 6.45) is -6.84. The number of anilines is 1. The second-order valence-corrected chi connectivity index (χ2v) is 11.3. The highest BCUT2D eigenvalue weighted by Crippen LogP contribution is 2.66. The van der Waals surface area contributed by atoms with E-state index in [2.05, 4.69) is 23.4 Å². The van der Waals surface area contributed by atoms with Gasteiger partial charge in [-0.25, -0.2) is 18.5 Å². The molecule has 0 aliphatic carbocycles. The van der Waals surface area contributed by atoms with Crippen molar-refractivity contribution in [2.45, 2.75) is 37.4 Å². The number of carboxylic acids is 1. The molecule has 0 saturated carbocycles. The summed E-state index contributed by atoms with van der Waals surface area (Å²) in [7, 11) is -16.9. The van der Waals surface area contributed by atoms with Gasteiger partial charge in [-0.15, -0.1) is 0 Å². The SMILES string of the molecule is O=C(O)CCC(=O)Nc1ccn([C@@H]2O[C@H](COP(=O)(O)OP(=O)(O)OP(=O)(O)O)[C@@H](O)[C@@H]2O)c(=O)n1. The average Bonchev–Trinajstić information content (AvgIpc) is 2.96. The number of rotatable bonds is 12. The second kappa shape index (κ2) is 11.7. The molecule has 1 aromatic heterocycles. The van der Waals surface area contributed by atoms with Gasteiger partial charge in [0.1, 0.15) is 24.1 Å². The van der Waals surface area contributed by atoms with E-state index in [-0.39, 0.29) is 5.82 Å². The van der Waals surface area contributed by atoms with Crippen LogP contribution in [-0.4, -0.2) is 81.2 Å². The molecule has 20 nitrogen and oxygen atoms in total. The van der Waals surface area contributed by atoms with E-state index in [1.54, 1.807) is 0 Å². The largest absolute Gasteiger partial charge is 0.490 e. The minimum Gasteiger partial charge on any atom is -0.481 e. The van der Waals surface area contributed by atoms with Crippen LogP contribution in [-0.2, 0) is 41.2 Å². The van der Waals surface area contributed by atoms with Crippen molar-refractivity contribution in [3.05, 3.63) is 22.7 Å². The number of amides is 1. The number of phosphoric acid groups is 3. The molecule has 23 heteroatoms. The third-order valence-corrected chi connectivity index (χ3v) is 7.90. The lowest BCUT2D eigenvalue weighted by molar-refractivity contribution is -0.138. The number of aromatic nitrogens is 2. The van der Waals surface area contributed by atoms with Crippen LogP contribution < -0.4 is 11.0 Å². The highest BCUT2D eigenvalue weighted by atomic mass is 31.3. The fourth-order valence-corrected chi connectivity index (χ4v) is 5.70. The van der Waals surface area contributed by atoms with Crippen LogP contribution in [0.15, 0.2) is 17.1 Å². The molecule has 0 radical (unpaired) electrons. The Hall–Kier alpha value is -1.89. The zero-order valence-electron chi connectivity index (χ0n) is 17.5. The van der Waals surface area contributed by atoms with E-state index in [1.165, 1.54) is 0 Å². The standard InChI is InChI=1S/C13H20N3O17P3/c17-8(1-2-9(18)19)14-7-3-4-16(13(22)15-7)12-11(21)10(20)6(31-12)5-30-35(26,27)33-36(28,29)32-34(23,24)25/h3-4,6,10-12,20-21H,1-2,5H2,(H,18,19)(H,26,27)(H,28,29)(H2,23,24,25)(H,14,15,17,22)/t6-,10-,11+,12-/m1/s1. The number of aliphatic hydroxyl groups excluding tert-OH is 2. The van der Waals surface area contributed by atoms with Crippen LogP contribution >= 0.6 is 23.5 Å². The number of phosphoric ester groups is 1. The van der Waals surface area contributed by atoms with E-state index in [4.69, 9.17) is 24.5 Å². The molecule has 1 amide bonds. The maximum Gasteiger partial charge on any atom is 0.490 e. The second-order valence-electron chi connectivity index (χ2n) is 6.88. The number of carboxylic acid groups (broad SMARTS) is 1. The van der Waals surface area contributed by atoms with Crippen molar-refractivity contribution in [1.29, 1.82) is 0 Å². The van der Waals surface area contributed by atoms with E-state index < -0.39 is 85.0 Å². The molecule has 8 N–H and O–H groups in total. The van der Waals surface area contributed by atoms with Crippen LogP contribution in [0.1, 0.15) is 19.1 Å². The van der Waals surface area contributed by atoms with Gasteiger partial charge in [0.2, 0.25) is 5.91 Å². The first-order valence-electron chi connectivity index (χ1n) is 9.30. The number of aliphatic carboxylic acids is 1. The molecule has 1 fully saturated rings. The van der Waals surface area contributed by atoms with Crippen LogP contribution in [0.3, 0.4) is 0 Å². The van der Waals surface area contributed by atoms with Gasteiger partial charge in [-0.05, 0) is 6.07 Å². The number of nitrogens with one attached hydrogen (secondary N) is 1. The highest BCUT2D eigenvalue weighted by Gasteiger charge is 2.46. The molecule has 204 valence electrons. The fourth-order valence-electron chi connectivity index (χ4n) is 2.67. The Labute approximate surface area is 199 Å². The quantitative estimate of drug-likeness (QED) is 0.123. The molecule has 6 atom stereocenters. The maximum absolute atomic E-state index is 12.3. The molecule has 0 bridgehead atoms. The van der Waals surface area contributed by atoms with E-state index in [0.29, 0.717) is 4.57 Å². The van der Waals surface area contributed by atoms with Gasteiger partial charge in [-0.1, -0.05) is 0 Å². The van der Waals surface area contributed by atoms with E-state index >= 15 is 0 Å². The van der Waals surface area contributed by atoms with E-state index in [9.17, 15) is 43.2 Å². The summed E-state index contributed by atoms with van der Waals surface area (Å²) >= 11 is 0. The fraction of sp³-hybridized carbons (Fsp3) is 0.538. The Morgan fingerprint density at radius 1 is 1.06 bits per heavy atom. The normalized spacial score (nSPS) is 25.6. The molecule has 0 spiro atoms. The van der Waals surface area contributed by atoms with Crippen molar-refractivity contribution >= 4 is 41.2 Å². The zero-order chi connectivity index (χ0) is 27.5. The minimum atomic E-state index is -5.78. The Kier molecular flexibility index (Phi) is 9.82. The van der Waals surface area contributed by atoms with Gasteiger partial charge in [0.15, 0.2) is 6.23 Å². The Balaban J connectivity index is 2.04.